The van der Waals surface area contributed by atoms with Crippen molar-refractivity contribution in [3.63, 3.8) is 0 Å². The molecule has 0 unspecified atom stereocenters. The van der Waals surface area contributed by atoms with E-state index in [2.05, 4.69) is 5.32 Å². The summed E-state index contributed by atoms with van der Waals surface area (Å²) in [6, 6.07) is 7.57. The van der Waals surface area contributed by atoms with Crippen molar-refractivity contribution in [2.24, 2.45) is 0 Å². The number of amides is 2. The van der Waals surface area contributed by atoms with Gasteiger partial charge >= 0.3 is 0 Å². The molecule has 0 aromatic heterocycles. The molecule has 1 aliphatic rings. The molecular weight excluding hydrogens is 304 g/mol. The summed E-state index contributed by atoms with van der Waals surface area (Å²) < 4.78 is 5.73. The summed E-state index contributed by atoms with van der Waals surface area (Å²) in [6.07, 6.45) is 4.08. The second kappa shape index (κ2) is 9.30. The second-order valence-corrected chi connectivity index (χ2v) is 6.49. The zero-order valence-corrected chi connectivity index (χ0v) is 14.7. The summed E-state index contributed by atoms with van der Waals surface area (Å²) in [6.45, 7) is 6.02. The quantitative estimate of drug-likeness (QED) is 0.835. The van der Waals surface area contributed by atoms with Gasteiger partial charge in [0.05, 0.1) is 12.5 Å². The normalized spacial score (nSPS) is 14.5. The largest absolute Gasteiger partial charge is 0.491 e. The van der Waals surface area contributed by atoms with Gasteiger partial charge in [-0.05, 0) is 39.2 Å². The predicted molar refractivity (Wildman–Crippen MR) is 94.0 cm³/mol. The Hall–Kier alpha value is -2.04. The molecule has 0 atom stereocenters. The molecule has 132 valence electrons. The van der Waals surface area contributed by atoms with Gasteiger partial charge in [-0.2, -0.15) is 0 Å². The SMILES string of the molecule is CC(C)Oc1ccccc1CC(=O)NCCC(=O)N1CCCCC1. The highest BCUT2D eigenvalue weighted by Crippen LogP contribution is 2.19. The molecule has 5 nitrogen and oxygen atoms in total. The summed E-state index contributed by atoms with van der Waals surface area (Å²) in [5.41, 5.74) is 0.867. The van der Waals surface area contributed by atoms with Crippen LogP contribution < -0.4 is 10.1 Å². The average Bonchev–Trinajstić information content (AvgIpc) is 2.57. The maximum absolute atomic E-state index is 12.1. The number of hydrogen-bond donors (Lipinski definition) is 1. The van der Waals surface area contributed by atoms with Gasteiger partial charge in [-0.3, -0.25) is 9.59 Å². The molecule has 2 rings (SSSR count). The number of nitrogens with one attached hydrogen (secondary N) is 1. The molecule has 1 N–H and O–H groups in total. The van der Waals surface area contributed by atoms with Crippen molar-refractivity contribution in [3.8, 4) is 5.75 Å². The number of likely N-dealkylation sites (tertiary alicyclic amines) is 1. The van der Waals surface area contributed by atoms with E-state index in [-0.39, 0.29) is 24.3 Å². The van der Waals surface area contributed by atoms with Crippen LogP contribution in [0.5, 0.6) is 5.75 Å². The Bertz CT molecular complexity index is 551. The van der Waals surface area contributed by atoms with E-state index in [0.717, 1.165) is 37.2 Å². The molecule has 1 aromatic rings. The van der Waals surface area contributed by atoms with E-state index < -0.39 is 0 Å². The van der Waals surface area contributed by atoms with Gasteiger partial charge in [0, 0.05) is 31.6 Å². The van der Waals surface area contributed by atoms with Crippen LogP contribution in [0.4, 0.5) is 0 Å². The van der Waals surface area contributed by atoms with Gasteiger partial charge in [0.2, 0.25) is 11.8 Å². The van der Waals surface area contributed by atoms with Gasteiger partial charge in [0.1, 0.15) is 5.75 Å². The maximum atomic E-state index is 12.1. The fraction of sp³-hybridized carbons (Fsp3) is 0.579. The van der Waals surface area contributed by atoms with Gasteiger partial charge in [0.15, 0.2) is 0 Å². The van der Waals surface area contributed by atoms with Crippen LogP contribution in [0.2, 0.25) is 0 Å². The van der Waals surface area contributed by atoms with Crippen LogP contribution >= 0.6 is 0 Å². The first-order valence-electron chi connectivity index (χ1n) is 8.85. The van der Waals surface area contributed by atoms with Gasteiger partial charge in [-0.25, -0.2) is 0 Å². The third-order valence-corrected chi connectivity index (χ3v) is 4.06. The highest BCUT2D eigenvalue weighted by Gasteiger charge is 2.16. The minimum Gasteiger partial charge on any atom is -0.491 e. The lowest BCUT2D eigenvalue weighted by atomic mass is 10.1. The number of nitrogens with zero attached hydrogens (tertiary/aromatic N) is 1. The molecule has 1 fully saturated rings. The monoisotopic (exact) mass is 332 g/mol. The molecule has 5 heteroatoms. The number of ether oxygens (including phenoxy) is 1. The summed E-state index contributed by atoms with van der Waals surface area (Å²) >= 11 is 0. The van der Waals surface area contributed by atoms with E-state index in [4.69, 9.17) is 4.74 Å². The summed E-state index contributed by atoms with van der Waals surface area (Å²) in [5, 5.41) is 2.84. The number of hydrogen-bond acceptors (Lipinski definition) is 3. The van der Waals surface area contributed by atoms with Crippen LogP contribution in [0.1, 0.15) is 45.1 Å². The molecule has 1 aliphatic heterocycles. The van der Waals surface area contributed by atoms with E-state index in [9.17, 15) is 9.59 Å². The van der Waals surface area contributed by atoms with Crippen LogP contribution in [-0.4, -0.2) is 42.5 Å². The molecule has 24 heavy (non-hydrogen) atoms. The van der Waals surface area contributed by atoms with E-state index in [1.807, 2.05) is 43.0 Å². The molecule has 1 heterocycles. The Morgan fingerprint density at radius 3 is 2.58 bits per heavy atom. The molecule has 0 saturated carbocycles. The zero-order chi connectivity index (χ0) is 17.4. The molecular formula is C19H28N2O3. The van der Waals surface area contributed by atoms with Crippen LogP contribution in [0, 0.1) is 0 Å². The third-order valence-electron chi connectivity index (χ3n) is 4.06. The topological polar surface area (TPSA) is 58.6 Å². The van der Waals surface area contributed by atoms with E-state index in [0.29, 0.717) is 13.0 Å². The van der Waals surface area contributed by atoms with Crippen molar-refractivity contribution in [2.45, 2.75) is 52.1 Å². The molecule has 0 spiro atoms. The van der Waals surface area contributed by atoms with E-state index in [1.54, 1.807) is 0 Å². The lowest BCUT2D eigenvalue weighted by molar-refractivity contribution is -0.132. The molecule has 0 bridgehead atoms. The standard InChI is InChI=1S/C19H28N2O3/c1-15(2)24-17-9-5-4-8-16(17)14-18(22)20-11-10-19(23)21-12-6-3-7-13-21/h4-5,8-9,15H,3,6-7,10-14H2,1-2H3,(H,20,22). The smallest absolute Gasteiger partial charge is 0.224 e. The zero-order valence-electron chi connectivity index (χ0n) is 14.7. The van der Waals surface area contributed by atoms with Crippen LogP contribution in [0.25, 0.3) is 0 Å². The maximum Gasteiger partial charge on any atom is 0.224 e. The number of carbonyl (C=O) groups excluding carboxylic acids is 2. The van der Waals surface area contributed by atoms with Crippen molar-refractivity contribution in [1.29, 1.82) is 0 Å². The lowest BCUT2D eigenvalue weighted by Gasteiger charge is -2.26. The Morgan fingerprint density at radius 2 is 1.88 bits per heavy atom. The first-order chi connectivity index (χ1) is 11.6. The molecule has 1 aromatic carbocycles. The van der Waals surface area contributed by atoms with E-state index in [1.165, 1.54) is 6.42 Å². The van der Waals surface area contributed by atoms with Crippen molar-refractivity contribution in [1.82, 2.24) is 10.2 Å². The average molecular weight is 332 g/mol. The van der Waals surface area contributed by atoms with Crippen LogP contribution in [0.15, 0.2) is 24.3 Å². The van der Waals surface area contributed by atoms with Gasteiger partial charge < -0.3 is 15.0 Å². The van der Waals surface area contributed by atoms with Gasteiger partial charge in [0.25, 0.3) is 0 Å². The molecule has 0 aliphatic carbocycles. The number of benzene rings is 1. The summed E-state index contributed by atoms with van der Waals surface area (Å²) in [5.74, 6) is 0.798. The minimum atomic E-state index is -0.0822. The Balaban J connectivity index is 1.76. The predicted octanol–water partition coefficient (Wildman–Crippen LogP) is 2.54. The fourth-order valence-electron chi connectivity index (χ4n) is 2.86. The van der Waals surface area contributed by atoms with Crippen LogP contribution in [0.3, 0.4) is 0 Å². The molecule has 2 amide bonds. The second-order valence-electron chi connectivity index (χ2n) is 6.49. The summed E-state index contributed by atoms with van der Waals surface area (Å²) in [7, 11) is 0. The van der Waals surface area contributed by atoms with Crippen molar-refractivity contribution in [2.75, 3.05) is 19.6 Å². The van der Waals surface area contributed by atoms with Crippen molar-refractivity contribution >= 4 is 11.8 Å². The number of piperidine rings is 1. The molecule has 0 radical (unpaired) electrons. The number of carbonyl (C=O) groups is 2. The summed E-state index contributed by atoms with van der Waals surface area (Å²) in [4.78, 5) is 26.1. The lowest BCUT2D eigenvalue weighted by Crippen LogP contribution is -2.38. The van der Waals surface area contributed by atoms with Gasteiger partial charge in [-0.15, -0.1) is 0 Å². The fourth-order valence-corrected chi connectivity index (χ4v) is 2.86. The van der Waals surface area contributed by atoms with Crippen molar-refractivity contribution in [3.05, 3.63) is 29.8 Å². The van der Waals surface area contributed by atoms with Gasteiger partial charge in [-0.1, -0.05) is 18.2 Å². The van der Waals surface area contributed by atoms with E-state index >= 15 is 0 Å². The highest BCUT2D eigenvalue weighted by molar-refractivity contribution is 5.81. The Morgan fingerprint density at radius 1 is 1.17 bits per heavy atom. The minimum absolute atomic E-state index is 0.0661. The first-order valence-corrected chi connectivity index (χ1v) is 8.85. The van der Waals surface area contributed by atoms with Crippen LogP contribution in [-0.2, 0) is 16.0 Å². The first kappa shape index (κ1) is 18.3. The number of rotatable bonds is 7. The Labute approximate surface area is 144 Å². The highest BCUT2D eigenvalue weighted by atomic mass is 16.5. The Kier molecular flexibility index (Phi) is 7.09. The van der Waals surface area contributed by atoms with Crippen molar-refractivity contribution < 1.29 is 14.3 Å². The molecule has 1 saturated heterocycles. The third kappa shape index (κ3) is 5.87. The number of para-hydroxylation sites is 1.